The van der Waals surface area contributed by atoms with Crippen LogP contribution in [0.4, 0.5) is 0 Å². The van der Waals surface area contributed by atoms with E-state index in [0.717, 1.165) is 35.5 Å². The van der Waals surface area contributed by atoms with Gasteiger partial charge in [-0.15, -0.1) is 0 Å². The van der Waals surface area contributed by atoms with E-state index in [0.29, 0.717) is 11.8 Å². The molecule has 1 unspecified atom stereocenters. The van der Waals surface area contributed by atoms with E-state index >= 15 is 0 Å². The summed E-state index contributed by atoms with van der Waals surface area (Å²) >= 11 is 0. The minimum absolute atomic E-state index is 0.0255. The van der Waals surface area contributed by atoms with Crippen LogP contribution in [0.25, 0.3) is 0 Å². The average molecular weight is 284 g/mol. The Balaban J connectivity index is 1.47. The lowest BCUT2D eigenvalue weighted by Gasteiger charge is -2.59. The first-order valence-corrected chi connectivity index (χ1v) is 9.68. The summed E-state index contributed by atoms with van der Waals surface area (Å²) in [4.78, 5) is 0. The van der Waals surface area contributed by atoms with E-state index in [1.165, 1.54) is 51.4 Å². The van der Waals surface area contributed by atoms with Crippen LogP contribution < -0.4 is 0 Å². The van der Waals surface area contributed by atoms with Crippen molar-refractivity contribution in [1.82, 2.24) is 0 Å². The minimum atomic E-state index is 0.0255. The van der Waals surface area contributed by atoms with Crippen molar-refractivity contribution < 1.29 is 5.11 Å². The zero-order valence-corrected chi connectivity index (χ0v) is 13.0. The number of hydrogen-bond donors (Lipinski definition) is 1. The van der Waals surface area contributed by atoms with Crippen LogP contribution in [-0.4, -0.2) is 11.2 Å². The van der Waals surface area contributed by atoms with Gasteiger partial charge in [-0.2, -0.15) is 0 Å². The summed E-state index contributed by atoms with van der Waals surface area (Å²) in [6, 6.07) is 0. The molecule has 0 spiro atoms. The number of aliphatic hydroxyl groups excluding tert-OH is 1. The van der Waals surface area contributed by atoms with Crippen LogP contribution in [0.15, 0.2) is 11.1 Å². The molecule has 8 rings (SSSR count). The van der Waals surface area contributed by atoms with Crippen LogP contribution in [0.2, 0.25) is 0 Å². The van der Waals surface area contributed by atoms with Gasteiger partial charge in [0.2, 0.25) is 0 Å². The Morgan fingerprint density at radius 3 is 1.81 bits per heavy atom. The summed E-state index contributed by atoms with van der Waals surface area (Å²) in [5.41, 5.74) is 3.79. The first kappa shape index (κ1) is 12.2. The smallest absolute Gasteiger partial charge is 0.0634 e. The molecule has 0 aromatic heterocycles. The third-order valence-corrected chi connectivity index (χ3v) is 8.51. The third-order valence-electron chi connectivity index (χ3n) is 8.51. The Morgan fingerprint density at radius 1 is 0.571 bits per heavy atom. The summed E-state index contributed by atoms with van der Waals surface area (Å²) in [7, 11) is 0. The molecule has 8 bridgehead atoms. The highest BCUT2D eigenvalue weighted by Gasteiger charge is 2.54. The summed E-state index contributed by atoms with van der Waals surface area (Å²) < 4.78 is 0. The second-order valence-corrected chi connectivity index (χ2v) is 9.58. The molecule has 8 saturated carbocycles. The van der Waals surface area contributed by atoms with E-state index in [2.05, 4.69) is 0 Å². The number of allylic oxidation sites excluding steroid dienone is 1. The maximum atomic E-state index is 10.8. The molecule has 5 atom stereocenters. The molecule has 1 N–H and O–H groups in total. The minimum Gasteiger partial charge on any atom is -0.392 e. The second-order valence-electron chi connectivity index (χ2n) is 9.58. The van der Waals surface area contributed by atoms with Crippen LogP contribution in [0.3, 0.4) is 0 Å². The normalized spacial score (nSPS) is 60.1. The Labute approximate surface area is 128 Å². The van der Waals surface area contributed by atoms with Gasteiger partial charge >= 0.3 is 0 Å². The Morgan fingerprint density at radius 2 is 1.14 bits per heavy atom. The summed E-state index contributed by atoms with van der Waals surface area (Å²) in [6.45, 7) is 0. The van der Waals surface area contributed by atoms with E-state index in [4.69, 9.17) is 0 Å². The molecule has 0 saturated heterocycles. The number of hydrogen-bond acceptors (Lipinski definition) is 1. The van der Waals surface area contributed by atoms with Crippen LogP contribution in [-0.2, 0) is 0 Å². The lowest BCUT2D eigenvalue weighted by atomic mass is 9.47. The van der Waals surface area contributed by atoms with Gasteiger partial charge in [-0.25, -0.2) is 0 Å². The second kappa shape index (κ2) is 3.96. The van der Waals surface area contributed by atoms with E-state index in [-0.39, 0.29) is 6.10 Å². The molecule has 0 aromatic carbocycles. The molecule has 114 valence electrons. The first-order chi connectivity index (χ1) is 10.3. The van der Waals surface area contributed by atoms with E-state index in [9.17, 15) is 5.11 Å². The fourth-order valence-electron chi connectivity index (χ4n) is 8.26. The van der Waals surface area contributed by atoms with Gasteiger partial charge in [0.1, 0.15) is 0 Å². The number of rotatable bonds is 0. The zero-order valence-electron chi connectivity index (χ0n) is 13.0. The van der Waals surface area contributed by atoms with Crippen molar-refractivity contribution in [2.45, 2.75) is 63.9 Å². The van der Waals surface area contributed by atoms with Gasteiger partial charge in [-0.3, -0.25) is 0 Å². The molecule has 0 radical (unpaired) electrons. The van der Waals surface area contributed by atoms with Gasteiger partial charge in [0.05, 0.1) is 6.10 Å². The predicted octanol–water partition coefficient (Wildman–Crippen LogP) is 4.17. The van der Waals surface area contributed by atoms with Crippen LogP contribution in [0, 0.1) is 47.3 Å². The monoisotopic (exact) mass is 284 g/mol. The van der Waals surface area contributed by atoms with Gasteiger partial charge in [-0.1, -0.05) is 11.1 Å². The molecule has 0 aromatic rings. The van der Waals surface area contributed by atoms with Crippen molar-refractivity contribution in [2.24, 2.45) is 47.3 Å². The van der Waals surface area contributed by atoms with Crippen LogP contribution >= 0.6 is 0 Å². The third kappa shape index (κ3) is 1.52. The van der Waals surface area contributed by atoms with E-state index < -0.39 is 0 Å². The summed E-state index contributed by atoms with van der Waals surface area (Å²) in [6.07, 6.45) is 13.1. The highest BCUT2D eigenvalue weighted by atomic mass is 16.3. The molecule has 1 nitrogen and oxygen atoms in total. The van der Waals surface area contributed by atoms with Crippen molar-refractivity contribution in [1.29, 1.82) is 0 Å². The molecule has 8 aliphatic carbocycles. The van der Waals surface area contributed by atoms with Gasteiger partial charge in [-0.05, 0) is 99.2 Å². The van der Waals surface area contributed by atoms with Crippen LogP contribution in [0.5, 0.6) is 0 Å². The molecular weight excluding hydrogens is 256 g/mol. The van der Waals surface area contributed by atoms with E-state index in [1.807, 2.05) is 11.1 Å². The lowest BCUT2D eigenvalue weighted by molar-refractivity contribution is -0.0620. The maximum absolute atomic E-state index is 10.8. The molecule has 0 aliphatic heterocycles. The van der Waals surface area contributed by atoms with Crippen molar-refractivity contribution in [3.05, 3.63) is 11.1 Å². The summed E-state index contributed by atoms with van der Waals surface area (Å²) in [5, 5.41) is 10.8. The summed E-state index contributed by atoms with van der Waals surface area (Å²) in [5.74, 6) is 7.13. The topological polar surface area (TPSA) is 20.2 Å². The molecule has 21 heavy (non-hydrogen) atoms. The maximum Gasteiger partial charge on any atom is 0.0634 e. The fourth-order valence-corrected chi connectivity index (χ4v) is 8.26. The van der Waals surface area contributed by atoms with Crippen molar-refractivity contribution in [3.8, 4) is 0 Å². The van der Waals surface area contributed by atoms with E-state index in [1.54, 1.807) is 6.42 Å². The Bertz CT molecular complexity index is 488. The zero-order chi connectivity index (χ0) is 13.7. The molecular formula is C20H28O. The standard InChI is InChI=1S/C20H28O/c21-20-16-7-12-6-15(9-16)19(17(20)8-12)18-13-2-10-1-11(4-13)5-14(18)3-10/h10-17,20-21H,1-9H2/t10?,11?,12-,13?,14?,15+,16-,17+,20?/m1/s1. The SMILES string of the molecule is OC1[C@@H]2C[C@H]3C[C@@H](C2)C(=C2C4CC5CC(C4)CC2C5)[C@@H]1C3. The van der Waals surface area contributed by atoms with Gasteiger partial charge in [0.15, 0.2) is 0 Å². The van der Waals surface area contributed by atoms with Crippen LogP contribution in [0.1, 0.15) is 57.8 Å². The first-order valence-electron chi connectivity index (χ1n) is 9.68. The fraction of sp³-hybridized carbons (Fsp3) is 0.900. The molecule has 8 aliphatic rings. The van der Waals surface area contributed by atoms with Gasteiger partial charge in [0, 0.05) is 5.92 Å². The molecule has 8 fully saturated rings. The highest BCUT2D eigenvalue weighted by molar-refractivity contribution is 5.34. The van der Waals surface area contributed by atoms with Crippen molar-refractivity contribution in [2.75, 3.05) is 0 Å². The largest absolute Gasteiger partial charge is 0.392 e. The van der Waals surface area contributed by atoms with Crippen molar-refractivity contribution >= 4 is 0 Å². The number of aliphatic hydroxyl groups is 1. The van der Waals surface area contributed by atoms with Gasteiger partial charge in [0.25, 0.3) is 0 Å². The predicted molar refractivity (Wildman–Crippen MR) is 82.5 cm³/mol. The Hall–Kier alpha value is -0.300. The van der Waals surface area contributed by atoms with Gasteiger partial charge < -0.3 is 5.11 Å². The Kier molecular flexibility index (Phi) is 2.29. The van der Waals surface area contributed by atoms with Crippen molar-refractivity contribution in [3.63, 3.8) is 0 Å². The quantitative estimate of drug-likeness (QED) is 0.662. The lowest BCUT2D eigenvalue weighted by Crippen LogP contribution is -2.52. The molecule has 1 heteroatoms. The highest BCUT2D eigenvalue weighted by Crippen LogP contribution is 2.63. The molecule has 0 amide bonds. The average Bonchev–Trinajstić information content (AvgIpc) is 2.45. The molecule has 0 heterocycles.